The van der Waals surface area contributed by atoms with Gasteiger partial charge in [-0.1, -0.05) is 24.3 Å². The van der Waals surface area contributed by atoms with Crippen LogP contribution in [0.15, 0.2) is 82.4 Å². The number of ether oxygens (including phenoxy) is 3. The molecular formula is C51H69N9O12. The van der Waals surface area contributed by atoms with E-state index in [1.54, 1.807) is 69.3 Å². The number of nitrogens with zero attached hydrogens (tertiary/aromatic N) is 2. The molecule has 0 saturated heterocycles. The van der Waals surface area contributed by atoms with Crippen molar-refractivity contribution in [2.24, 2.45) is 0 Å². The molecule has 7 rings (SSSR count). The molecule has 0 saturated carbocycles. The fourth-order valence-electron chi connectivity index (χ4n) is 7.28. The lowest BCUT2D eigenvalue weighted by Gasteiger charge is -2.22. The Morgan fingerprint density at radius 2 is 1.06 bits per heavy atom. The number of aromatic nitrogens is 2. The summed E-state index contributed by atoms with van der Waals surface area (Å²) < 4.78 is 17.4. The quantitative estimate of drug-likeness (QED) is 0.0952. The Balaban J connectivity index is 1.45. The van der Waals surface area contributed by atoms with Crippen LogP contribution in [0, 0.1) is 0 Å². The molecule has 2 aromatic heterocycles. The number of methoxy groups -OCH3 is 2. The van der Waals surface area contributed by atoms with Crippen LogP contribution in [0.4, 0.5) is 4.79 Å². The van der Waals surface area contributed by atoms with E-state index < -0.39 is 52.5 Å². The van der Waals surface area contributed by atoms with Crippen LogP contribution >= 0.6 is 0 Å². The summed E-state index contributed by atoms with van der Waals surface area (Å²) in [6, 6.07) is 18.1. The van der Waals surface area contributed by atoms with E-state index >= 15 is 0 Å². The first-order valence-corrected chi connectivity index (χ1v) is 24.3. The Morgan fingerprint density at radius 3 is 1.53 bits per heavy atom. The van der Waals surface area contributed by atoms with E-state index in [1.807, 2.05) is 0 Å². The van der Waals surface area contributed by atoms with Crippen molar-refractivity contribution in [2.45, 2.75) is 90.6 Å². The third-order valence-corrected chi connectivity index (χ3v) is 11.2. The molecule has 3 aliphatic rings. The number of alkyl carbamates (subject to hydrolysis) is 1. The second-order valence-corrected chi connectivity index (χ2v) is 17.9. The second-order valence-electron chi connectivity index (χ2n) is 17.9. The SMILES string of the molecule is COc1ccc(COn2c3ccc(c2=O)C(=O)NCCCNCCCCNCCCNC(=O)c2ccc(n(OCc4ccc(OC)cc4)c2=O)C(=O)N[C@@H](CCCCNC(=O)OC(C)(C)C)CNC3=O)cc1. The Bertz CT molecular complexity index is 2540. The van der Waals surface area contributed by atoms with Crippen molar-refractivity contribution in [3.63, 3.8) is 0 Å². The van der Waals surface area contributed by atoms with Gasteiger partial charge < -0.3 is 61.1 Å². The number of amides is 5. The van der Waals surface area contributed by atoms with E-state index in [0.717, 1.165) is 35.4 Å². The molecule has 5 heterocycles. The van der Waals surface area contributed by atoms with Gasteiger partial charge in [0.1, 0.15) is 52.8 Å². The van der Waals surface area contributed by atoms with Crippen molar-refractivity contribution in [1.29, 1.82) is 0 Å². The fraction of sp³-hybridized carbons (Fsp3) is 0.471. The number of carbonyl (C=O) groups is 5. The van der Waals surface area contributed by atoms with Gasteiger partial charge in [-0.05, 0) is 152 Å². The Labute approximate surface area is 418 Å². The summed E-state index contributed by atoms with van der Waals surface area (Å²) in [5.74, 6) is -1.61. The maximum Gasteiger partial charge on any atom is 0.407 e. The molecule has 390 valence electrons. The first-order valence-electron chi connectivity index (χ1n) is 24.3. The molecule has 0 spiro atoms. The molecule has 0 radical (unpaired) electrons. The zero-order valence-electron chi connectivity index (χ0n) is 41.8. The third kappa shape index (κ3) is 17.8. The van der Waals surface area contributed by atoms with Crippen molar-refractivity contribution >= 4 is 29.7 Å². The van der Waals surface area contributed by atoms with Gasteiger partial charge in [-0.25, -0.2) is 4.79 Å². The molecule has 2 aromatic carbocycles. The predicted octanol–water partition coefficient (Wildman–Crippen LogP) is 2.72. The maximum atomic E-state index is 14.3. The Hall–Kier alpha value is -7.39. The first kappa shape index (κ1) is 55.5. The van der Waals surface area contributed by atoms with E-state index in [2.05, 4.69) is 37.2 Å². The van der Waals surface area contributed by atoms with Gasteiger partial charge in [-0.2, -0.15) is 0 Å². The number of carbonyl (C=O) groups excluding carboxylic acids is 5. The number of unbranched alkanes of at least 4 members (excludes halogenated alkanes) is 1. The topological polar surface area (TPSA) is 260 Å². The molecule has 4 bridgehead atoms. The molecule has 0 aliphatic carbocycles. The lowest BCUT2D eigenvalue weighted by Crippen LogP contribution is -2.47. The molecule has 72 heavy (non-hydrogen) atoms. The van der Waals surface area contributed by atoms with Crippen molar-refractivity contribution in [3.8, 4) is 11.5 Å². The zero-order valence-corrected chi connectivity index (χ0v) is 41.8. The van der Waals surface area contributed by atoms with Gasteiger partial charge in [-0.3, -0.25) is 28.8 Å². The van der Waals surface area contributed by atoms with E-state index in [-0.39, 0.29) is 68.3 Å². The highest BCUT2D eigenvalue weighted by Gasteiger charge is 2.25. The van der Waals surface area contributed by atoms with Crippen molar-refractivity contribution in [2.75, 3.05) is 66.6 Å². The number of pyridine rings is 2. The second kappa shape index (κ2) is 28.5. The molecular weight excluding hydrogens is 931 g/mol. The number of fused-ring (bicyclic) bond motifs is 2. The fourth-order valence-corrected chi connectivity index (χ4v) is 7.28. The summed E-state index contributed by atoms with van der Waals surface area (Å²) in [7, 11) is 3.06. The average Bonchev–Trinajstić information content (AvgIpc) is 3.36. The molecule has 7 N–H and O–H groups in total. The summed E-state index contributed by atoms with van der Waals surface area (Å²) in [6.45, 7) is 8.35. The van der Waals surface area contributed by atoms with Crippen LogP contribution in [-0.4, -0.2) is 117 Å². The summed E-state index contributed by atoms with van der Waals surface area (Å²) in [5, 5.41) is 20.7. The van der Waals surface area contributed by atoms with E-state index in [9.17, 15) is 33.6 Å². The monoisotopic (exact) mass is 1000 g/mol. The van der Waals surface area contributed by atoms with Crippen LogP contribution in [0.5, 0.6) is 11.5 Å². The van der Waals surface area contributed by atoms with Crippen molar-refractivity contribution in [1.82, 2.24) is 46.7 Å². The summed E-state index contributed by atoms with van der Waals surface area (Å²) in [4.78, 5) is 108. The lowest BCUT2D eigenvalue weighted by molar-refractivity contribution is 0.0526. The van der Waals surface area contributed by atoms with Crippen molar-refractivity contribution in [3.05, 3.63) is 127 Å². The van der Waals surface area contributed by atoms with E-state index in [4.69, 9.17) is 23.9 Å². The minimum Gasteiger partial charge on any atom is -0.497 e. The molecule has 4 aromatic rings. The van der Waals surface area contributed by atoms with Gasteiger partial charge >= 0.3 is 6.09 Å². The normalized spacial score (nSPS) is 16.0. The summed E-state index contributed by atoms with van der Waals surface area (Å²) in [6.07, 6.45) is 3.56. The smallest absolute Gasteiger partial charge is 0.407 e. The first-order chi connectivity index (χ1) is 34.7. The summed E-state index contributed by atoms with van der Waals surface area (Å²) in [5.41, 5.74) is -2.11. The van der Waals surface area contributed by atoms with Crippen LogP contribution in [-0.2, 0) is 18.0 Å². The van der Waals surface area contributed by atoms with Crippen LogP contribution in [0.1, 0.15) is 119 Å². The third-order valence-electron chi connectivity index (χ3n) is 11.2. The van der Waals surface area contributed by atoms with Crippen LogP contribution in [0.25, 0.3) is 0 Å². The molecule has 21 nitrogen and oxygen atoms in total. The molecule has 5 amide bonds. The lowest BCUT2D eigenvalue weighted by atomic mass is 10.1. The number of hydrogen-bond donors (Lipinski definition) is 7. The van der Waals surface area contributed by atoms with Crippen LogP contribution < -0.4 is 67.5 Å². The Kier molecular flexibility index (Phi) is 21.9. The average molecular weight is 1000 g/mol. The van der Waals surface area contributed by atoms with Gasteiger partial charge in [0.2, 0.25) is 0 Å². The van der Waals surface area contributed by atoms with E-state index in [0.29, 0.717) is 61.4 Å². The largest absolute Gasteiger partial charge is 0.497 e. The highest BCUT2D eigenvalue weighted by molar-refractivity contribution is 5.97. The molecule has 3 aliphatic heterocycles. The predicted molar refractivity (Wildman–Crippen MR) is 269 cm³/mol. The van der Waals surface area contributed by atoms with Gasteiger partial charge in [0.05, 0.1) is 14.2 Å². The standard InChI is InChI=1S/C51H69N9O12/c1-51(2,3)72-50(67)56-29-7-6-12-37-32-57-46(63)42-23-21-40(48(65)59(42)70-33-35-13-17-38(68-4)18-14-35)44(61)54-30-10-27-52-25-8-9-26-53-28-11-31-55-45(62)41-22-24-43(47(64)58-37)60(49(41)66)71-34-36-15-19-39(69-5)20-16-36/h13-24,37,52-53H,6-12,25-34H2,1-5H3,(H,54,61)(H,55,62)(H,56,67)(H,57,63)(H,58,64)/t37-/m0/s1. The molecule has 0 unspecified atom stereocenters. The number of benzene rings is 2. The Morgan fingerprint density at radius 1 is 0.583 bits per heavy atom. The molecule has 21 heteroatoms. The summed E-state index contributed by atoms with van der Waals surface area (Å²) >= 11 is 0. The maximum absolute atomic E-state index is 14.3. The van der Waals surface area contributed by atoms with E-state index in [1.165, 1.54) is 38.5 Å². The minimum atomic E-state index is -0.872. The van der Waals surface area contributed by atoms with Gasteiger partial charge in [0.15, 0.2) is 0 Å². The van der Waals surface area contributed by atoms with Crippen LogP contribution in [0.2, 0.25) is 0 Å². The van der Waals surface area contributed by atoms with Gasteiger partial charge in [0.25, 0.3) is 34.7 Å². The van der Waals surface area contributed by atoms with Gasteiger partial charge in [0, 0.05) is 32.2 Å². The number of nitrogens with one attached hydrogen (secondary N) is 7. The van der Waals surface area contributed by atoms with Crippen molar-refractivity contribution < 1.29 is 47.9 Å². The van der Waals surface area contributed by atoms with Gasteiger partial charge in [-0.15, -0.1) is 9.46 Å². The highest BCUT2D eigenvalue weighted by Crippen LogP contribution is 2.14. The van der Waals surface area contributed by atoms with Crippen LogP contribution in [0.3, 0.4) is 0 Å². The molecule has 0 fully saturated rings. The minimum absolute atomic E-state index is 0.157. The number of hydrogen-bond acceptors (Lipinski definition) is 14. The number of rotatable bonds is 13. The zero-order chi connectivity index (χ0) is 51.9. The highest BCUT2D eigenvalue weighted by atomic mass is 16.7. The molecule has 1 atom stereocenters.